The van der Waals surface area contributed by atoms with Gasteiger partial charge in [-0.3, -0.25) is 9.89 Å². The van der Waals surface area contributed by atoms with Gasteiger partial charge in [0, 0.05) is 58.4 Å². The number of methoxy groups -OCH3 is 1. The zero-order chi connectivity index (χ0) is 19.2. The predicted octanol–water partition coefficient (Wildman–Crippen LogP) is 2.88. The summed E-state index contributed by atoms with van der Waals surface area (Å²) in [6.07, 6.45) is 2.72. The van der Waals surface area contributed by atoms with Crippen LogP contribution in [0.3, 0.4) is 0 Å². The molecule has 0 atom stereocenters. The SMILES string of the molecule is CN=C(NCCN(C(C)C)C1CC1)N1CCN(c2ccccc2OC)CC1.I. The van der Waals surface area contributed by atoms with Crippen molar-refractivity contribution in [3.63, 3.8) is 0 Å². The van der Waals surface area contributed by atoms with Crippen LogP contribution in [0.1, 0.15) is 26.7 Å². The van der Waals surface area contributed by atoms with E-state index < -0.39 is 0 Å². The van der Waals surface area contributed by atoms with Crippen LogP contribution < -0.4 is 15.0 Å². The first-order chi connectivity index (χ1) is 13.1. The highest BCUT2D eigenvalue weighted by Crippen LogP contribution is 2.29. The fourth-order valence-electron chi connectivity index (χ4n) is 3.95. The summed E-state index contributed by atoms with van der Waals surface area (Å²) >= 11 is 0. The largest absolute Gasteiger partial charge is 0.495 e. The van der Waals surface area contributed by atoms with Crippen LogP contribution in [0.2, 0.25) is 0 Å². The van der Waals surface area contributed by atoms with Crippen LogP contribution >= 0.6 is 24.0 Å². The number of nitrogens with zero attached hydrogens (tertiary/aromatic N) is 4. The van der Waals surface area contributed by atoms with E-state index >= 15 is 0 Å². The first kappa shape index (κ1) is 23.1. The number of hydrogen-bond acceptors (Lipinski definition) is 4. The van der Waals surface area contributed by atoms with Crippen LogP contribution in [0.4, 0.5) is 5.69 Å². The second-order valence-electron chi connectivity index (χ2n) is 7.68. The van der Waals surface area contributed by atoms with Crippen molar-refractivity contribution in [3.8, 4) is 5.75 Å². The van der Waals surface area contributed by atoms with Crippen LogP contribution in [0.5, 0.6) is 5.75 Å². The lowest BCUT2D eigenvalue weighted by Crippen LogP contribution is -2.53. The van der Waals surface area contributed by atoms with Gasteiger partial charge in [-0.2, -0.15) is 0 Å². The van der Waals surface area contributed by atoms with Crippen molar-refractivity contribution in [1.82, 2.24) is 15.1 Å². The molecule has 2 fully saturated rings. The second kappa shape index (κ2) is 11.1. The lowest BCUT2D eigenvalue weighted by Gasteiger charge is -2.38. The van der Waals surface area contributed by atoms with E-state index in [0.717, 1.165) is 57.0 Å². The number of guanidine groups is 1. The molecular weight excluding hydrogens is 465 g/mol. The minimum atomic E-state index is 0. The highest BCUT2D eigenvalue weighted by Gasteiger charge is 2.30. The fraction of sp³-hybridized carbons (Fsp3) is 0.667. The van der Waals surface area contributed by atoms with Gasteiger partial charge in [0.25, 0.3) is 0 Å². The van der Waals surface area contributed by atoms with E-state index in [1.54, 1.807) is 7.11 Å². The smallest absolute Gasteiger partial charge is 0.193 e. The minimum absolute atomic E-state index is 0. The van der Waals surface area contributed by atoms with E-state index in [1.807, 2.05) is 19.2 Å². The topological polar surface area (TPSA) is 43.3 Å². The molecule has 3 rings (SSSR count). The van der Waals surface area contributed by atoms with E-state index in [-0.39, 0.29) is 24.0 Å². The number of para-hydroxylation sites is 2. The summed E-state index contributed by atoms with van der Waals surface area (Å²) in [7, 11) is 3.62. The molecule has 0 radical (unpaired) electrons. The second-order valence-corrected chi connectivity index (χ2v) is 7.68. The zero-order valence-electron chi connectivity index (χ0n) is 17.7. The number of anilines is 1. The molecule has 7 heteroatoms. The van der Waals surface area contributed by atoms with E-state index in [2.05, 4.69) is 51.0 Å². The van der Waals surface area contributed by atoms with Gasteiger partial charge in [0.1, 0.15) is 5.75 Å². The van der Waals surface area contributed by atoms with Crippen LogP contribution in [0.25, 0.3) is 0 Å². The molecule has 0 unspecified atom stereocenters. The molecule has 0 bridgehead atoms. The van der Waals surface area contributed by atoms with E-state index in [9.17, 15) is 0 Å². The van der Waals surface area contributed by atoms with Gasteiger partial charge >= 0.3 is 0 Å². The van der Waals surface area contributed by atoms with Gasteiger partial charge in [0.2, 0.25) is 0 Å². The molecule has 1 saturated heterocycles. The van der Waals surface area contributed by atoms with Crippen molar-refractivity contribution in [2.24, 2.45) is 4.99 Å². The number of aliphatic imine (C=N–C) groups is 1. The molecule has 1 N–H and O–H groups in total. The molecule has 1 aliphatic carbocycles. The van der Waals surface area contributed by atoms with Crippen LogP contribution in [-0.2, 0) is 0 Å². The van der Waals surface area contributed by atoms with Crippen LogP contribution in [0.15, 0.2) is 29.3 Å². The molecular formula is C21H36IN5O. The number of rotatable bonds is 7. The third-order valence-electron chi connectivity index (χ3n) is 5.55. The number of halogens is 1. The van der Waals surface area contributed by atoms with Crippen molar-refractivity contribution in [3.05, 3.63) is 24.3 Å². The van der Waals surface area contributed by atoms with Gasteiger partial charge in [-0.05, 0) is 38.8 Å². The molecule has 0 spiro atoms. The average Bonchev–Trinajstić information content (AvgIpc) is 3.53. The summed E-state index contributed by atoms with van der Waals surface area (Å²) in [5.74, 6) is 1.97. The number of piperazine rings is 1. The third kappa shape index (κ3) is 5.89. The highest BCUT2D eigenvalue weighted by atomic mass is 127. The number of benzene rings is 1. The monoisotopic (exact) mass is 501 g/mol. The first-order valence-corrected chi connectivity index (χ1v) is 10.2. The Morgan fingerprint density at radius 1 is 1.21 bits per heavy atom. The Labute approximate surface area is 187 Å². The van der Waals surface area contributed by atoms with Crippen molar-refractivity contribution in [2.45, 2.75) is 38.8 Å². The van der Waals surface area contributed by atoms with Crippen molar-refractivity contribution in [2.75, 3.05) is 58.3 Å². The minimum Gasteiger partial charge on any atom is -0.495 e. The molecule has 1 aromatic carbocycles. The van der Waals surface area contributed by atoms with E-state index in [4.69, 9.17) is 4.74 Å². The summed E-state index contributed by atoms with van der Waals surface area (Å²) in [6.45, 7) is 10.5. The van der Waals surface area contributed by atoms with Crippen LogP contribution in [0, 0.1) is 0 Å². The molecule has 1 aliphatic heterocycles. The molecule has 1 heterocycles. The van der Waals surface area contributed by atoms with E-state index in [0.29, 0.717) is 6.04 Å². The van der Waals surface area contributed by atoms with Crippen molar-refractivity contribution < 1.29 is 4.74 Å². The van der Waals surface area contributed by atoms with Gasteiger partial charge in [-0.15, -0.1) is 24.0 Å². The number of hydrogen-bond donors (Lipinski definition) is 1. The molecule has 28 heavy (non-hydrogen) atoms. The van der Waals surface area contributed by atoms with Crippen molar-refractivity contribution in [1.29, 1.82) is 0 Å². The molecule has 158 valence electrons. The quantitative estimate of drug-likeness (QED) is 0.354. The molecule has 0 aromatic heterocycles. The Bertz CT molecular complexity index is 625. The molecule has 6 nitrogen and oxygen atoms in total. The highest BCUT2D eigenvalue weighted by molar-refractivity contribution is 14.0. The normalized spacial score (nSPS) is 17.7. The predicted molar refractivity (Wildman–Crippen MR) is 128 cm³/mol. The maximum Gasteiger partial charge on any atom is 0.193 e. The zero-order valence-corrected chi connectivity index (χ0v) is 20.1. The van der Waals surface area contributed by atoms with Gasteiger partial charge in [0.15, 0.2) is 5.96 Å². The maximum atomic E-state index is 5.52. The summed E-state index contributed by atoms with van der Waals surface area (Å²) in [6, 6.07) is 9.68. The molecule has 2 aliphatic rings. The summed E-state index contributed by atoms with van der Waals surface area (Å²) in [5.41, 5.74) is 1.18. The van der Waals surface area contributed by atoms with Gasteiger partial charge < -0.3 is 19.9 Å². The number of nitrogens with one attached hydrogen (secondary N) is 1. The summed E-state index contributed by atoms with van der Waals surface area (Å²) < 4.78 is 5.52. The Balaban J connectivity index is 0.00000280. The average molecular weight is 501 g/mol. The Hall–Kier alpha value is -1.22. The van der Waals surface area contributed by atoms with E-state index in [1.165, 1.54) is 18.5 Å². The third-order valence-corrected chi connectivity index (χ3v) is 5.55. The Kier molecular flexibility index (Phi) is 9.14. The standard InChI is InChI=1S/C21H35N5O.HI/c1-17(2)26(18-9-10-18)12-11-23-21(22-3)25-15-13-24(14-16-25)19-7-5-6-8-20(19)27-4;/h5-8,17-18H,9-16H2,1-4H3,(H,22,23);1H. The van der Waals surface area contributed by atoms with Gasteiger partial charge in [-0.1, -0.05) is 12.1 Å². The fourth-order valence-corrected chi connectivity index (χ4v) is 3.95. The lowest BCUT2D eigenvalue weighted by molar-refractivity contribution is 0.214. The number of ether oxygens (including phenoxy) is 1. The van der Waals surface area contributed by atoms with Gasteiger partial charge in [-0.25, -0.2) is 0 Å². The molecule has 0 amide bonds. The Morgan fingerprint density at radius 2 is 1.89 bits per heavy atom. The van der Waals surface area contributed by atoms with Crippen molar-refractivity contribution >= 4 is 35.6 Å². The first-order valence-electron chi connectivity index (χ1n) is 10.2. The molecule has 1 aromatic rings. The van der Waals surface area contributed by atoms with Crippen LogP contribution in [-0.4, -0.2) is 81.3 Å². The maximum absolute atomic E-state index is 5.52. The summed E-state index contributed by atoms with van der Waals surface area (Å²) in [4.78, 5) is 11.9. The van der Waals surface area contributed by atoms with Gasteiger partial charge in [0.05, 0.1) is 12.8 Å². The Morgan fingerprint density at radius 3 is 2.46 bits per heavy atom. The lowest BCUT2D eigenvalue weighted by atomic mass is 10.2. The molecule has 1 saturated carbocycles. The summed E-state index contributed by atoms with van der Waals surface area (Å²) in [5, 5.41) is 3.58.